The molecular formula is C27H22F2N4O4. The maximum Gasteiger partial charge on any atom is 0.415 e. The second kappa shape index (κ2) is 9.73. The Hall–Kier alpha value is -4.73. The Labute approximate surface area is 210 Å². The Morgan fingerprint density at radius 3 is 2.43 bits per heavy atom. The van der Waals surface area contributed by atoms with Crippen LogP contribution in [-0.4, -0.2) is 32.2 Å². The zero-order chi connectivity index (χ0) is 26.1. The molecule has 0 saturated heterocycles. The van der Waals surface area contributed by atoms with Gasteiger partial charge in [-0.2, -0.15) is 0 Å². The number of benzene rings is 3. The number of hydrogen-bond donors (Lipinski definition) is 2. The fourth-order valence-corrected chi connectivity index (χ4v) is 4.43. The third-order valence-corrected chi connectivity index (χ3v) is 6.22. The van der Waals surface area contributed by atoms with Gasteiger partial charge in [-0.05, 0) is 41.8 Å². The number of hydrogen-bond acceptors (Lipinski definition) is 6. The molecule has 3 aromatic carbocycles. The van der Waals surface area contributed by atoms with Crippen LogP contribution in [0.5, 0.6) is 11.5 Å². The van der Waals surface area contributed by atoms with Gasteiger partial charge in [-0.3, -0.25) is 9.36 Å². The Morgan fingerprint density at radius 2 is 1.73 bits per heavy atom. The van der Waals surface area contributed by atoms with Crippen LogP contribution in [0.25, 0.3) is 0 Å². The minimum Gasteiger partial charge on any atom is -0.508 e. The largest absolute Gasteiger partial charge is 0.508 e. The first-order valence-electron chi connectivity index (χ1n) is 11.5. The number of halogens is 2. The van der Waals surface area contributed by atoms with E-state index in [0.717, 1.165) is 17.7 Å². The van der Waals surface area contributed by atoms with Gasteiger partial charge in [-0.1, -0.05) is 42.5 Å². The van der Waals surface area contributed by atoms with Gasteiger partial charge in [0, 0.05) is 18.2 Å². The Kier molecular flexibility index (Phi) is 6.31. The molecule has 2 heterocycles. The van der Waals surface area contributed by atoms with Crippen LogP contribution in [0.15, 0.2) is 77.6 Å². The summed E-state index contributed by atoms with van der Waals surface area (Å²) >= 11 is 0. The molecule has 0 spiro atoms. The predicted octanol–water partition coefficient (Wildman–Crippen LogP) is 4.00. The number of nitrogens with two attached hydrogens (primary N) is 1. The van der Waals surface area contributed by atoms with Gasteiger partial charge in [0.2, 0.25) is 5.95 Å². The van der Waals surface area contributed by atoms with E-state index < -0.39 is 23.8 Å². The number of amides is 1. The molecule has 8 nitrogen and oxygen atoms in total. The molecule has 1 aliphatic rings. The molecule has 0 saturated carbocycles. The number of phenolic OH excluding ortho intramolecular Hbond substituents is 1. The van der Waals surface area contributed by atoms with Crippen LogP contribution in [0, 0.1) is 11.6 Å². The highest BCUT2D eigenvalue weighted by Gasteiger charge is 2.30. The first kappa shape index (κ1) is 24.0. The van der Waals surface area contributed by atoms with Crippen molar-refractivity contribution in [3.05, 3.63) is 117 Å². The Bertz CT molecular complexity index is 1520. The number of ether oxygens (including phenoxy) is 1. The third-order valence-electron chi connectivity index (χ3n) is 6.22. The van der Waals surface area contributed by atoms with E-state index in [1.165, 1.54) is 27.7 Å². The van der Waals surface area contributed by atoms with Crippen molar-refractivity contribution >= 4 is 12.0 Å². The predicted molar refractivity (Wildman–Crippen MR) is 131 cm³/mol. The van der Waals surface area contributed by atoms with E-state index in [4.69, 9.17) is 10.5 Å². The first-order valence-corrected chi connectivity index (χ1v) is 11.5. The van der Waals surface area contributed by atoms with E-state index in [9.17, 15) is 23.5 Å². The van der Waals surface area contributed by atoms with Gasteiger partial charge in [0.15, 0.2) is 11.6 Å². The SMILES string of the molecule is Nc1nc2c(c(=O)n1C(c1ccccc1)c1ccc(F)cc1)CCN(C(=O)Oc1ccc(O)cc1F)C2. The molecule has 4 aromatic rings. The minimum absolute atomic E-state index is 0.0549. The molecule has 0 radical (unpaired) electrons. The second-order valence-corrected chi connectivity index (χ2v) is 8.59. The maximum absolute atomic E-state index is 14.0. The second-order valence-electron chi connectivity index (χ2n) is 8.59. The van der Waals surface area contributed by atoms with Gasteiger partial charge < -0.3 is 20.5 Å². The average molecular weight is 504 g/mol. The average Bonchev–Trinajstić information content (AvgIpc) is 2.89. The summed E-state index contributed by atoms with van der Waals surface area (Å²) in [5.41, 5.74) is 8.07. The van der Waals surface area contributed by atoms with Crippen LogP contribution >= 0.6 is 0 Å². The third kappa shape index (κ3) is 4.73. The molecule has 10 heteroatoms. The molecule has 1 atom stereocenters. The van der Waals surface area contributed by atoms with Gasteiger partial charge in [0.1, 0.15) is 11.6 Å². The number of rotatable bonds is 4. The van der Waals surface area contributed by atoms with Crippen LogP contribution < -0.4 is 16.0 Å². The van der Waals surface area contributed by atoms with E-state index in [1.54, 1.807) is 12.1 Å². The number of aromatic nitrogens is 2. The number of nitrogens with zero attached hydrogens (tertiary/aromatic N) is 3. The molecule has 188 valence electrons. The summed E-state index contributed by atoms with van der Waals surface area (Å²) in [7, 11) is 0. The first-order chi connectivity index (χ1) is 17.8. The zero-order valence-electron chi connectivity index (χ0n) is 19.5. The fourth-order valence-electron chi connectivity index (χ4n) is 4.43. The Balaban J connectivity index is 1.48. The summed E-state index contributed by atoms with van der Waals surface area (Å²) in [5.74, 6) is -1.99. The van der Waals surface area contributed by atoms with Gasteiger partial charge in [0.25, 0.3) is 5.56 Å². The topological polar surface area (TPSA) is 111 Å². The number of nitrogen functional groups attached to an aromatic ring is 1. The van der Waals surface area contributed by atoms with E-state index in [0.29, 0.717) is 16.8 Å². The van der Waals surface area contributed by atoms with E-state index >= 15 is 0 Å². The number of anilines is 1. The summed E-state index contributed by atoms with van der Waals surface area (Å²) in [4.78, 5) is 32.1. The van der Waals surface area contributed by atoms with E-state index in [-0.39, 0.29) is 42.5 Å². The molecule has 0 bridgehead atoms. The van der Waals surface area contributed by atoms with Crippen molar-refractivity contribution in [2.75, 3.05) is 12.3 Å². The monoisotopic (exact) mass is 504 g/mol. The fraction of sp³-hybridized carbons (Fsp3) is 0.148. The van der Waals surface area contributed by atoms with Crippen LogP contribution in [0.4, 0.5) is 19.5 Å². The van der Waals surface area contributed by atoms with Crippen molar-refractivity contribution in [2.24, 2.45) is 0 Å². The summed E-state index contributed by atoms with van der Waals surface area (Å²) in [5, 5.41) is 9.34. The molecule has 0 fully saturated rings. The number of carbonyl (C=O) groups excluding carboxylic acids is 1. The quantitative estimate of drug-likeness (QED) is 0.435. The molecule has 3 N–H and O–H groups in total. The number of fused-ring (bicyclic) bond motifs is 1. The Morgan fingerprint density at radius 1 is 1.03 bits per heavy atom. The molecule has 1 aliphatic heterocycles. The van der Waals surface area contributed by atoms with E-state index in [2.05, 4.69) is 4.98 Å². The maximum atomic E-state index is 14.0. The van der Waals surface area contributed by atoms with Crippen molar-refractivity contribution < 1.29 is 23.4 Å². The summed E-state index contributed by atoms with van der Waals surface area (Å²) in [6, 6.07) is 17.6. The molecule has 1 amide bonds. The highest BCUT2D eigenvalue weighted by atomic mass is 19.1. The van der Waals surface area contributed by atoms with Crippen molar-refractivity contribution in [1.82, 2.24) is 14.5 Å². The number of carbonyl (C=O) groups is 1. The van der Waals surface area contributed by atoms with Crippen LogP contribution in [0.1, 0.15) is 28.4 Å². The highest BCUT2D eigenvalue weighted by molar-refractivity contribution is 5.71. The molecular weight excluding hydrogens is 482 g/mol. The molecule has 0 aliphatic carbocycles. The lowest BCUT2D eigenvalue weighted by Crippen LogP contribution is -2.43. The van der Waals surface area contributed by atoms with E-state index in [1.807, 2.05) is 30.3 Å². The summed E-state index contributed by atoms with van der Waals surface area (Å²) < 4.78 is 34.1. The molecule has 1 unspecified atom stereocenters. The van der Waals surface area contributed by atoms with Crippen molar-refractivity contribution in [2.45, 2.75) is 19.0 Å². The molecule has 37 heavy (non-hydrogen) atoms. The van der Waals surface area contributed by atoms with Crippen molar-refractivity contribution in [3.8, 4) is 11.5 Å². The number of phenols is 1. The summed E-state index contributed by atoms with van der Waals surface area (Å²) in [6.45, 7) is 0.0830. The van der Waals surface area contributed by atoms with Gasteiger partial charge >= 0.3 is 6.09 Å². The van der Waals surface area contributed by atoms with Crippen LogP contribution in [0.2, 0.25) is 0 Å². The normalized spacial score (nSPS) is 13.6. The highest BCUT2D eigenvalue weighted by Crippen LogP contribution is 2.29. The lowest BCUT2D eigenvalue weighted by Gasteiger charge is -2.29. The van der Waals surface area contributed by atoms with Crippen LogP contribution in [-0.2, 0) is 13.0 Å². The van der Waals surface area contributed by atoms with Crippen molar-refractivity contribution in [3.63, 3.8) is 0 Å². The van der Waals surface area contributed by atoms with Gasteiger partial charge in [-0.15, -0.1) is 0 Å². The van der Waals surface area contributed by atoms with Crippen LogP contribution in [0.3, 0.4) is 0 Å². The zero-order valence-corrected chi connectivity index (χ0v) is 19.5. The molecule has 1 aromatic heterocycles. The minimum atomic E-state index is -0.885. The standard InChI is InChI=1S/C27H22F2N4O4/c28-18-8-6-17(7-9-18)24(16-4-2-1-3-5-16)33-25(35)20-12-13-32(15-22(20)31-26(33)30)27(36)37-23-11-10-19(34)14-21(23)29/h1-11,14,24,34H,12-13,15H2,(H2,30,31). The lowest BCUT2D eigenvalue weighted by molar-refractivity contribution is 0.144. The molecule has 5 rings (SSSR count). The van der Waals surface area contributed by atoms with Gasteiger partial charge in [-0.25, -0.2) is 18.6 Å². The smallest absolute Gasteiger partial charge is 0.415 e. The number of aromatic hydroxyl groups is 1. The lowest BCUT2D eigenvalue weighted by atomic mass is 9.97. The summed E-state index contributed by atoms with van der Waals surface area (Å²) in [6.07, 6.45) is -0.646. The van der Waals surface area contributed by atoms with Gasteiger partial charge in [0.05, 0.1) is 18.3 Å². The van der Waals surface area contributed by atoms with Crippen molar-refractivity contribution in [1.29, 1.82) is 0 Å².